The second-order valence-electron chi connectivity index (χ2n) is 4.90. The van der Waals surface area contributed by atoms with Gasteiger partial charge in [-0.25, -0.2) is 0 Å². The maximum absolute atomic E-state index is 6.20. The van der Waals surface area contributed by atoms with E-state index in [4.69, 9.17) is 17.3 Å². The Hall–Kier alpha value is -2.26. The Morgan fingerprint density at radius 2 is 1.86 bits per heavy atom. The summed E-state index contributed by atoms with van der Waals surface area (Å²) in [5, 5.41) is 5.12. The normalized spacial score (nSPS) is 10.7. The summed E-state index contributed by atoms with van der Waals surface area (Å²) in [7, 11) is 0. The number of nitrogens with one attached hydrogen (secondary N) is 1. The van der Waals surface area contributed by atoms with Gasteiger partial charge in [0.2, 0.25) is 0 Å². The lowest BCUT2D eigenvalue weighted by Crippen LogP contribution is -2.07. The zero-order valence-electron chi connectivity index (χ0n) is 11.5. The van der Waals surface area contributed by atoms with Crippen molar-refractivity contribution in [3.8, 4) is 0 Å². The van der Waals surface area contributed by atoms with Gasteiger partial charge in [-0.3, -0.25) is 4.98 Å². The van der Waals surface area contributed by atoms with Crippen molar-refractivity contribution in [1.29, 1.82) is 0 Å². The Kier molecular flexibility index (Phi) is 3.93. The molecule has 21 heavy (non-hydrogen) atoms. The van der Waals surface area contributed by atoms with E-state index >= 15 is 0 Å². The molecule has 4 heteroatoms. The molecule has 0 aliphatic heterocycles. The number of hydrogen-bond acceptors (Lipinski definition) is 3. The maximum atomic E-state index is 6.20. The lowest BCUT2D eigenvalue weighted by Gasteiger charge is -2.11. The van der Waals surface area contributed by atoms with Crippen molar-refractivity contribution in [1.82, 2.24) is 4.98 Å². The molecule has 3 rings (SSSR count). The molecule has 0 amide bonds. The summed E-state index contributed by atoms with van der Waals surface area (Å²) in [5.41, 5.74) is 10.1. The summed E-state index contributed by atoms with van der Waals surface area (Å²) in [6.07, 6.45) is 2.69. The Morgan fingerprint density at radius 3 is 2.67 bits per heavy atom. The molecule has 2 aromatic carbocycles. The molecular formula is C17H16ClN3. The van der Waals surface area contributed by atoms with Crippen LogP contribution in [0.15, 0.2) is 54.7 Å². The first-order valence-electron chi connectivity index (χ1n) is 6.85. The molecule has 0 unspecified atom stereocenters. The Balaban J connectivity index is 1.70. The van der Waals surface area contributed by atoms with E-state index < -0.39 is 0 Å². The monoisotopic (exact) mass is 297 g/mol. The predicted molar refractivity (Wildman–Crippen MR) is 89.8 cm³/mol. The number of pyridine rings is 1. The minimum atomic E-state index is 0.747. The second kappa shape index (κ2) is 6.02. The average Bonchev–Trinajstić information content (AvgIpc) is 2.52. The van der Waals surface area contributed by atoms with Gasteiger partial charge in [0.05, 0.1) is 16.9 Å². The van der Waals surface area contributed by atoms with E-state index in [2.05, 4.69) is 10.3 Å². The average molecular weight is 298 g/mol. The van der Waals surface area contributed by atoms with Gasteiger partial charge in [-0.05, 0) is 48.4 Å². The van der Waals surface area contributed by atoms with E-state index in [9.17, 15) is 0 Å². The van der Waals surface area contributed by atoms with Crippen molar-refractivity contribution in [3.63, 3.8) is 0 Å². The zero-order chi connectivity index (χ0) is 14.7. The van der Waals surface area contributed by atoms with Gasteiger partial charge in [-0.1, -0.05) is 23.7 Å². The second-order valence-corrected chi connectivity index (χ2v) is 5.34. The smallest absolute Gasteiger partial charge is 0.0724 e. The van der Waals surface area contributed by atoms with E-state index in [1.165, 1.54) is 5.56 Å². The largest absolute Gasteiger partial charge is 0.397 e. The molecule has 0 aliphatic rings. The van der Waals surface area contributed by atoms with Crippen molar-refractivity contribution in [2.75, 3.05) is 17.6 Å². The van der Waals surface area contributed by atoms with Crippen molar-refractivity contribution in [2.24, 2.45) is 0 Å². The highest BCUT2D eigenvalue weighted by atomic mass is 35.5. The molecule has 0 saturated heterocycles. The summed E-state index contributed by atoms with van der Waals surface area (Å²) in [4.78, 5) is 4.30. The highest BCUT2D eigenvalue weighted by Crippen LogP contribution is 2.27. The van der Waals surface area contributed by atoms with Crippen molar-refractivity contribution in [3.05, 3.63) is 65.3 Å². The number of rotatable bonds is 4. The number of halogens is 1. The van der Waals surface area contributed by atoms with Crippen LogP contribution in [0.3, 0.4) is 0 Å². The fraction of sp³-hybridized carbons (Fsp3) is 0.118. The molecule has 0 atom stereocenters. The third-order valence-electron chi connectivity index (χ3n) is 3.47. The summed E-state index contributed by atoms with van der Waals surface area (Å²) in [6, 6.07) is 15.7. The fourth-order valence-corrected chi connectivity index (χ4v) is 2.45. The van der Waals surface area contributed by atoms with E-state index in [1.54, 1.807) is 6.20 Å². The molecule has 3 nitrogen and oxygen atoms in total. The van der Waals surface area contributed by atoms with Gasteiger partial charge in [0, 0.05) is 23.2 Å². The summed E-state index contributed by atoms with van der Waals surface area (Å²) in [6.45, 7) is 0.817. The zero-order valence-corrected chi connectivity index (χ0v) is 12.3. The van der Waals surface area contributed by atoms with Gasteiger partial charge in [0.15, 0.2) is 0 Å². The SMILES string of the molecule is Nc1c(NCCc2ccc(Cl)cc2)ccc2ncccc12. The van der Waals surface area contributed by atoms with Crippen LogP contribution in [0.2, 0.25) is 5.02 Å². The van der Waals surface area contributed by atoms with Crippen LogP contribution in [0.4, 0.5) is 11.4 Å². The molecule has 0 spiro atoms. The van der Waals surface area contributed by atoms with Crippen LogP contribution in [0.5, 0.6) is 0 Å². The summed E-state index contributed by atoms with van der Waals surface area (Å²) < 4.78 is 0. The number of nitrogens with two attached hydrogens (primary N) is 1. The molecule has 3 N–H and O–H groups in total. The highest BCUT2D eigenvalue weighted by molar-refractivity contribution is 6.30. The van der Waals surface area contributed by atoms with Crippen LogP contribution >= 0.6 is 11.6 Å². The molecule has 0 bridgehead atoms. The minimum absolute atomic E-state index is 0.747. The standard InChI is InChI=1S/C17H16ClN3/c18-13-5-3-12(4-6-13)9-11-21-16-8-7-15-14(17(16)19)2-1-10-20-15/h1-8,10,21H,9,11,19H2. The molecule has 106 valence electrons. The van der Waals surface area contributed by atoms with Crippen molar-refractivity contribution < 1.29 is 0 Å². The Bertz CT molecular complexity index is 754. The topological polar surface area (TPSA) is 50.9 Å². The first-order chi connectivity index (χ1) is 10.2. The molecule has 0 fully saturated rings. The molecule has 0 radical (unpaired) electrons. The fourth-order valence-electron chi connectivity index (χ4n) is 2.32. The molecule has 1 heterocycles. The first-order valence-corrected chi connectivity index (χ1v) is 7.23. The van der Waals surface area contributed by atoms with Crippen LogP contribution < -0.4 is 11.1 Å². The van der Waals surface area contributed by atoms with Crippen LogP contribution in [-0.2, 0) is 6.42 Å². The number of nitrogens with zero attached hydrogens (tertiary/aromatic N) is 1. The lowest BCUT2D eigenvalue weighted by molar-refractivity contribution is 1.02. The number of benzene rings is 2. The summed E-state index contributed by atoms with van der Waals surface area (Å²) >= 11 is 5.88. The minimum Gasteiger partial charge on any atom is -0.397 e. The number of nitrogen functional groups attached to an aromatic ring is 1. The number of fused-ring (bicyclic) bond motifs is 1. The number of aromatic nitrogens is 1. The third-order valence-corrected chi connectivity index (χ3v) is 3.72. The van der Waals surface area contributed by atoms with Crippen LogP contribution in [0.1, 0.15) is 5.56 Å². The van der Waals surface area contributed by atoms with Crippen LogP contribution in [0, 0.1) is 0 Å². The maximum Gasteiger partial charge on any atom is 0.0724 e. The van der Waals surface area contributed by atoms with E-state index in [0.29, 0.717) is 0 Å². The van der Waals surface area contributed by atoms with Gasteiger partial charge in [-0.15, -0.1) is 0 Å². The quantitative estimate of drug-likeness (QED) is 0.712. The third kappa shape index (κ3) is 3.09. The molecule has 1 aromatic heterocycles. The van der Waals surface area contributed by atoms with Gasteiger partial charge in [0.1, 0.15) is 0 Å². The molecular weight excluding hydrogens is 282 g/mol. The number of hydrogen-bond donors (Lipinski definition) is 2. The predicted octanol–water partition coefficient (Wildman–Crippen LogP) is 4.13. The van der Waals surface area contributed by atoms with Crippen LogP contribution in [-0.4, -0.2) is 11.5 Å². The Labute approximate surface area is 128 Å². The molecule has 0 saturated carbocycles. The van der Waals surface area contributed by atoms with Gasteiger partial charge < -0.3 is 11.1 Å². The van der Waals surface area contributed by atoms with Gasteiger partial charge >= 0.3 is 0 Å². The van der Waals surface area contributed by atoms with E-state index in [-0.39, 0.29) is 0 Å². The Morgan fingerprint density at radius 1 is 1.05 bits per heavy atom. The van der Waals surface area contributed by atoms with Crippen molar-refractivity contribution in [2.45, 2.75) is 6.42 Å². The molecule has 3 aromatic rings. The van der Waals surface area contributed by atoms with Crippen molar-refractivity contribution >= 4 is 33.9 Å². The van der Waals surface area contributed by atoms with Gasteiger partial charge in [0.25, 0.3) is 0 Å². The van der Waals surface area contributed by atoms with E-state index in [0.717, 1.165) is 40.3 Å². The first kappa shape index (κ1) is 13.7. The number of anilines is 2. The lowest BCUT2D eigenvalue weighted by atomic mass is 10.1. The van der Waals surface area contributed by atoms with E-state index in [1.807, 2.05) is 48.5 Å². The summed E-state index contributed by atoms with van der Waals surface area (Å²) in [5.74, 6) is 0. The molecule has 0 aliphatic carbocycles. The highest BCUT2D eigenvalue weighted by Gasteiger charge is 2.04. The van der Waals surface area contributed by atoms with Crippen LogP contribution in [0.25, 0.3) is 10.9 Å². The van der Waals surface area contributed by atoms with Gasteiger partial charge in [-0.2, -0.15) is 0 Å².